The van der Waals surface area contributed by atoms with Crippen molar-refractivity contribution in [2.45, 2.75) is 32.0 Å². The number of hydrogen-bond donors (Lipinski definition) is 2. The largest absolute Gasteiger partial charge is 0.497 e. The normalized spacial score (nSPS) is 12.1. The number of ether oxygens (including phenoxy) is 1. The highest BCUT2D eigenvalue weighted by molar-refractivity contribution is 6.09. The maximum atomic E-state index is 13.2. The van der Waals surface area contributed by atoms with Crippen LogP contribution in [0.2, 0.25) is 0 Å². The van der Waals surface area contributed by atoms with Crippen molar-refractivity contribution in [1.82, 2.24) is 9.88 Å². The molecule has 0 aliphatic carbocycles. The van der Waals surface area contributed by atoms with Crippen molar-refractivity contribution in [3.05, 3.63) is 107 Å². The second-order valence-electron chi connectivity index (χ2n) is 9.39. The Bertz CT molecular complexity index is 1480. The van der Waals surface area contributed by atoms with Crippen LogP contribution in [0.25, 0.3) is 11.1 Å². The number of aryl methyl sites for hydroxylation is 1. The summed E-state index contributed by atoms with van der Waals surface area (Å²) >= 11 is 0. The second-order valence-corrected chi connectivity index (χ2v) is 9.39. The predicted octanol–water partition coefficient (Wildman–Crippen LogP) is 7.24. The zero-order valence-corrected chi connectivity index (χ0v) is 22.4. The summed E-state index contributed by atoms with van der Waals surface area (Å²) in [5.41, 5.74) is 2.23. The van der Waals surface area contributed by atoms with Gasteiger partial charge in [-0.05, 0) is 59.5 Å². The third-order valence-corrected chi connectivity index (χ3v) is 6.59. The Morgan fingerprint density at radius 1 is 0.950 bits per heavy atom. The number of alkyl halides is 3. The lowest BCUT2D eigenvalue weighted by Gasteiger charge is -2.19. The number of anilines is 1. The van der Waals surface area contributed by atoms with Gasteiger partial charge in [0.05, 0.1) is 24.4 Å². The van der Waals surface area contributed by atoms with Gasteiger partial charge in [0.25, 0.3) is 11.8 Å². The van der Waals surface area contributed by atoms with Crippen LogP contribution in [-0.2, 0) is 13.2 Å². The molecule has 6 nitrogen and oxygen atoms in total. The molecule has 0 saturated carbocycles. The Morgan fingerprint density at radius 3 is 2.25 bits per heavy atom. The summed E-state index contributed by atoms with van der Waals surface area (Å²) in [4.78, 5) is 26.4. The van der Waals surface area contributed by atoms with Crippen LogP contribution in [-0.4, -0.2) is 23.5 Å². The van der Waals surface area contributed by atoms with E-state index in [0.29, 0.717) is 28.1 Å². The number of carbonyl (C=O) groups excluding carboxylic acids is 2. The van der Waals surface area contributed by atoms with Gasteiger partial charge in [-0.1, -0.05) is 55.8 Å². The third kappa shape index (κ3) is 6.54. The monoisotopic (exact) mass is 549 g/mol. The molecule has 1 atom stereocenters. The molecule has 2 N–H and O–H groups in total. The fourth-order valence-corrected chi connectivity index (χ4v) is 4.51. The summed E-state index contributed by atoms with van der Waals surface area (Å²) in [6, 6.07) is 20.3. The van der Waals surface area contributed by atoms with E-state index in [1.165, 1.54) is 12.1 Å². The SMILES string of the molecule is CCCC(NC(=O)c1cc(NC(=O)c2ccccc2-c2ccc(C(F)(F)F)cc2)cn1C)c1ccc(OC)cc1. The van der Waals surface area contributed by atoms with Crippen LogP contribution in [0.15, 0.2) is 85.1 Å². The van der Waals surface area contributed by atoms with Crippen LogP contribution in [0, 0.1) is 0 Å². The Hall–Kier alpha value is -4.53. The van der Waals surface area contributed by atoms with Gasteiger partial charge in [-0.2, -0.15) is 13.2 Å². The van der Waals surface area contributed by atoms with Crippen LogP contribution in [0.4, 0.5) is 18.9 Å². The first kappa shape index (κ1) is 28.5. The topological polar surface area (TPSA) is 72.4 Å². The van der Waals surface area contributed by atoms with E-state index >= 15 is 0 Å². The van der Waals surface area contributed by atoms with Crippen LogP contribution in [0.3, 0.4) is 0 Å². The number of amides is 2. The van der Waals surface area contributed by atoms with E-state index in [0.717, 1.165) is 36.3 Å². The number of methoxy groups -OCH3 is 1. The molecular formula is C31H30F3N3O3. The molecule has 3 aromatic carbocycles. The Kier molecular flexibility index (Phi) is 8.62. The molecule has 0 fully saturated rings. The van der Waals surface area contributed by atoms with Crippen LogP contribution in [0.1, 0.15) is 57.8 Å². The Balaban J connectivity index is 1.51. The van der Waals surface area contributed by atoms with Crippen LogP contribution >= 0.6 is 0 Å². The molecule has 0 aliphatic heterocycles. The maximum Gasteiger partial charge on any atom is 0.416 e. The molecule has 9 heteroatoms. The highest BCUT2D eigenvalue weighted by Crippen LogP contribution is 2.32. The van der Waals surface area contributed by atoms with Crippen molar-refractivity contribution < 1.29 is 27.5 Å². The van der Waals surface area contributed by atoms with Gasteiger partial charge in [0.15, 0.2) is 0 Å². The van der Waals surface area contributed by atoms with Gasteiger partial charge in [0.2, 0.25) is 0 Å². The minimum Gasteiger partial charge on any atom is -0.497 e. The second kappa shape index (κ2) is 12.1. The van der Waals surface area contributed by atoms with Crippen LogP contribution in [0.5, 0.6) is 5.75 Å². The summed E-state index contributed by atoms with van der Waals surface area (Å²) in [7, 11) is 3.31. The van der Waals surface area contributed by atoms with Crippen LogP contribution < -0.4 is 15.4 Å². The lowest BCUT2D eigenvalue weighted by molar-refractivity contribution is -0.137. The standard InChI is InChI=1S/C31H30F3N3O3/c1-4-7-27(21-12-16-24(40-3)17-13-21)36-30(39)28-18-23(19-37(28)2)35-29(38)26-9-6-5-8-25(26)20-10-14-22(15-11-20)31(32,33)34/h5-6,8-19,27H,4,7H2,1-3H3,(H,35,38)(H,36,39). The summed E-state index contributed by atoms with van der Waals surface area (Å²) in [6.45, 7) is 2.04. The van der Waals surface area contributed by atoms with E-state index in [1.54, 1.807) is 55.3 Å². The van der Waals surface area contributed by atoms with Gasteiger partial charge in [-0.25, -0.2) is 0 Å². The zero-order valence-electron chi connectivity index (χ0n) is 22.4. The van der Waals surface area contributed by atoms with Gasteiger partial charge in [-0.15, -0.1) is 0 Å². The third-order valence-electron chi connectivity index (χ3n) is 6.59. The van der Waals surface area contributed by atoms with Crippen molar-refractivity contribution in [3.8, 4) is 16.9 Å². The van der Waals surface area contributed by atoms with E-state index in [4.69, 9.17) is 4.74 Å². The first-order chi connectivity index (χ1) is 19.1. The molecule has 0 saturated heterocycles. The Morgan fingerprint density at radius 2 is 1.62 bits per heavy atom. The quantitative estimate of drug-likeness (QED) is 0.231. The molecule has 0 radical (unpaired) electrons. The maximum absolute atomic E-state index is 13.2. The molecule has 4 rings (SSSR count). The number of hydrogen-bond acceptors (Lipinski definition) is 3. The highest BCUT2D eigenvalue weighted by Gasteiger charge is 2.30. The fourth-order valence-electron chi connectivity index (χ4n) is 4.51. The zero-order chi connectivity index (χ0) is 28.9. The summed E-state index contributed by atoms with van der Waals surface area (Å²) < 4.78 is 45.8. The molecule has 1 heterocycles. The summed E-state index contributed by atoms with van der Waals surface area (Å²) in [6.07, 6.45) is -1.20. The smallest absolute Gasteiger partial charge is 0.416 e. The van der Waals surface area contributed by atoms with Crippen molar-refractivity contribution in [3.63, 3.8) is 0 Å². The average molecular weight is 550 g/mol. The van der Waals surface area contributed by atoms with Crippen molar-refractivity contribution in [1.29, 1.82) is 0 Å². The summed E-state index contributed by atoms with van der Waals surface area (Å²) in [5.74, 6) is -0.00870. The lowest BCUT2D eigenvalue weighted by atomic mass is 9.98. The fraction of sp³-hybridized carbons (Fsp3) is 0.226. The number of aromatic nitrogens is 1. The molecule has 1 aromatic heterocycles. The Labute approximate surface area is 230 Å². The molecule has 2 amide bonds. The number of nitrogens with one attached hydrogen (secondary N) is 2. The van der Waals surface area contributed by atoms with Gasteiger partial charge >= 0.3 is 6.18 Å². The first-order valence-electron chi connectivity index (χ1n) is 12.8. The average Bonchev–Trinajstić information content (AvgIpc) is 3.32. The summed E-state index contributed by atoms with van der Waals surface area (Å²) in [5, 5.41) is 5.89. The van der Waals surface area contributed by atoms with Crippen molar-refractivity contribution in [2.75, 3.05) is 12.4 Å². The van der Waals surface area contributed by atoms with Gasteiger partial charge in [0, 0.05) is 18.8 Å². The molecule has 0 aliphatic rings. The molecule has 1 unspecified atom stereocenters. The number of halogens is 3. The first-order valence-corrected chi connectivity index (χ1v) is 12.8. The van der Waals surface area contributed by atoms with Crippen molar-refractivity contribution >= 4 is 17.5 Å². The van der Waals surface area contributed by atoms with E-state index in [9.17, 15) is 22.8 Å². The molecule has 40 heavy (non-hydrogen) atoms. The lowest BCUT2D eigenvalue weighted by Crippen LogP contribution is -2.29. The van der Waals surface area contributed by atoms with E-state index in [2.05, 4.69) is 10.6 Å². The predicted molar refractivity (Wildman–Crippen MR) is 148 cm³/mol. The molecular weight excluding hydrogens is 519 g/mol. The van der Waals surface area contributed by atoms with E-state index in [-0.39, 0.29) is 11.9 Å². The molecule has 0 spiro atoms. The number of benzene rings is 3. The molecule has 0 bridgehead atoms. The minimum atomic E-state index is -4.45. The van der Waals surface area contributed by atoms with E-state index in [1.807, 2.05) is 31.2 Å². The molecule has 208 valence electrons. The van der Waals surface area contributed by atoms with Gasteiger partial charge in [-0.3, -0.25) is 9.59 Å². The van der Waals surface area contributed by atoms with Gasteiger partial charge < -0.3 is 19.9 Å². The number of nitrogens with zero attached hydrogens (tertiary/aromatic N) is 1. The van der Waals surface area contributed by atoms with Crippen molar-refractivity contribution in [2.24, 2.45) is 7.05 Å². The number of carbonyl (C=O) groups is 2. The minimum absolute atomic E-state index is 0.202. The molecule has 4 aromatic rings. The number of rotatable bonds is 9. The van der Waals surface area contributed by atoms with E-state index < -0.39 is 17.6 Å². The highest BCUT2D eigenvalue weighted by atomic mass is 19.4. The van der Waals surface area contributed by atoms with Gasteiger partial charge in [0.1, 0.15) is 11.4 Å².